The predicted octanol–water partition coefficient (Wildman–Crippen LogP) is 2.77. The molecular weight excluding hydrogens is 352 g/mol. The summed E-state index contributed by atoms with van der Waals surface area (Å²) in [6.07, 6.45) is 7.57. The molecule has 1 aromatic carbocycles. The number of nitrogens with zero attached hydrogens (tertiary/aromatic N) is 2. The number of fused-ring (bicyclic) bond motifs is 1. The zero-order valence-corrected chi connectivity index (χ0v) is 15.7. The first kappa shape index (κ1) is 18.2. The number of para-hydroxylation sites is 1. The van der Waals surface area contributed by atoms with Crippen molar-refractivity contribution in [1.29, 1.82) is 0 Å². The molecule has 0 bridgehead atoms. The van der Waals surface area contributed by atoms with Crippen molar-refractivity contribution in [3.63, 3.8) is 0 Å². The highest BCUT2D eigenvalue weighted by Gasteiger charge is 2.26. The van der Waals surface area contributed by atoms with E-state index in [9.17, 15) is 9.59 Å². The molecule has 1 saturated heterocycles. The van der Waals surface area contributed by atoms with E-state index in [1.165, 1.54) is 0 Å². The lowest BCUT2D eigenvalue weighted by molar-refractivity contribution is -0.120. The lowest BCUT2D eigenvalue weighted by Crippen LogP contribution is -2.44. The van der Waals surface area contributed by atoms with E-state index in [4.69, 9.17) is 0 Å². The number of carbonyl (C=O) groups is 2. The second-order valence-corrected chi connectivity index (χ2v) is 7.35. The number of hydrogen-bond acceptors (Lipinski definition) is 3. The molecule has 1 atom stereocenters. The third-order valence-corrected chi connectivity index (χ3v) is 5.30. The zero-order chi connectivity index (χ0) is 19.3. The number of likely N-dealkylation sites (tertiary alicyclic amines) is 1. The summed E-state index contributed by atoms with van der Waals surface area (Å²) in [6.45, 7) is 2.02. The van der Waals surface area contributed by atoms with Gasteiger partial charge in [-0.1, -0.05) is 18.2 Å². The highest BCUT2D eigenvalue weighted by molar-refractivity contribution is 6.05. The lowest BCUT2D eigenvalue weighted by atomic mass is 9.97. The Morgan fingerprint density at radius 3 is 3.00 bits per heavy atom. The van der Waals surface area contributed by atoms with Gasteiger partial charge in [0.05, 0.1) is 17.5 Å². The van der Waals surface area contributed by atoms with Crippen LogP contribution in [0.3, 0.4) is 0 Å². The van der Waals surface area contributed by atoms with Crippen LogP contribution in [0.1, 0.15) is 28.8 Å². The van der Waals surface area contributed by atoms with Gasteiger partial charge in [0.2, 0.25) is 5.91 Å². The minimum absolute atomic E-state index is 0.00685. The Bertz CT molecular complexity index is 967. The van der Waals surface area contributed by atoms with Gasteiger partial charge in [-0.15, -0.1) is 0 Å². The van der Waals surface area contributed by atoms with Crippen LogP contribution in [-0.2, 0) is 11.2 Å². The number of piperidine rings is 1. The van der Waals surface area contributed by atoms with Crippen LogP contribution in [0.25, 0.3) is 10.9 Å². The van der Waals surface area contributed by atoms with Gasteiger partial charge in [-0.3, -0.25) is 14.6 Å². The normalized spacial score (nSPS) is 16.9. The fourth-order valence-corrected chi connectivity index (χ4v) is 3.86. The van der Waals surface area contributed by atoms with Crippen LogP contribution in [0.2, 0.25) is 0 Å². The van der Waals surface area contributed by atoms with E-state index in [2.05, 4.69) is 15.3 Å². The molecule has 144 valence electrons. The van der Waals surface area contributed by atoms with E-state index in [1.54, 1.807) is 12.4 Å². The Balaban J connectivity index is 1.34. The number of rotatable bonds is 5. The lowest BCUT2D eigenvalue weighted by Gasteiger charge is -2.33. The largest absolute Gasteiger partial charge is 0.361 e. The van der Waals surface area contributed by atoms with Crippen molar-refractivity contribution < 1.29 is 9.59 Å². The van der Waals surface area contributed by atoms with E-state index in [-0.39, 0.29) is 17.7 Å². The van der Waals surface area contributed by atoms with Crippen LogP contribution in [0, 0.1) is 5.92 Å². The molecule has 3 heterocycles. The van der Waals surface area contributed by atoms with E-state index >= 15 is 0 Å². The van der Waals surface area contributed by atoms with E-state index < -0.39 is 0 Å². The second-order valence-electron chi connectivity index (χ2n) is 7.35. The van der Waals surface area contributed by atoms with Gasteiger partial charge < -0.3 is 15.2 Å². The number of aromatic nitrogens is 2. The third-order valence-electron chi connectivity index (χ3n) is 5.30. The number of aromatic amines is 1. The molecular formula is C22H24N4O2. The molecule has 3 aromatic rings. The average molecular weight is 376 g/mol. The molecule has 0 saturated carbocycles. The number of hydrogen-bond donors (Lipinski definition) is 2. The fourth-order valence-electron chi connectivity index (χ4n) is 3.86. The molecule has 6 heteroatoms. The minimum Gasteiger partial charge on any atom is -0.361 e. The number of pyridine rings is 1. The number of carbonyl (C=O) groups excluding carboxylic acids is 2. The first-order valence-electron chi connectivity index (χ1n) is 9.71. The SMILES string of the molecule is O=C(Cc1cccnc1)NCC1CCCN(C(=O)c2cccc3cc[nH]c23)C1. The minimum atomic E-state index is -0.00685. The van der Waals surface area contributed by atoms with Crippen molar-refractivity contribution >= 4 is 22.7 Å². The quantitative estimate of drug-likeness (QED) is 0.719. The third kappa shape index (κ3) is 4.06. The van der Waals surface area contributed by atoms with Gasteiger partial charge in [0.1, 0.15) is 0 Å². The molecule has 2 aromatic heterocycles. The second kappa shape index (κ2) is 8.25. The Labute approximate surface area is 164 Å². The summed E-state index contributed by atoms with van der Waals surface area (Å²) in [7, 11) is 0. The van der Waals surface area contributed by atoms with Crippen molar-refractivity contribution in [2.24, 2.45) is 5.92 Å². The summed E-state index contributed by atoms with van der Waals surface area (Å²) in [5.74, 6) is 0.324. The Hall–Kier alpha value is -3.15. The molecule has 0 spiro atoms. The molecule has 2 N–H and O–H groups in total. The Morgan fingerprint density at radius 1 is 1.21 bits per heavy atom. The molecule has 1 aliphatic heterocycles. The van der Waals surface area contributed by atoms with E-state index in [1.807, 2.05) is 47.5 Å². The summed E-state index contributed by atoms with van der Waals surface area (Å²) >= 11 is 0. The fraction of sp³-hybridized carbons (Fsp3) is 0.318. The standard InChI is InChI=1S/C22H24N4O2/c27-20(12-16-4-2-9-23-13-16)25-14-17-5-3-11-26(15-17)22(28)19-7-1-6-18-8-10-24-21(18)19/h1-2,4,6-10,13,17,24H,3,5,11-12,14-15H2,(H,25,27). The monoisotopic (exact) mass is 376 g/mol. The summed E-state index contributed by atoms with van der Waals surface area (Å²) in [5, 5.41) is 4.06. The van der Waals surface area contributed by atoms with Gasteiger partial charge in [-0.25, -0.2) is 0 Å². The van der Waals surface area contributed by atoms with Gasteiger partial charge >= 0.3 is 0 Å². The molecule has 0 radical (unpaired) electrons. The Kier molecular flexibility index (Phi) is 5.37. The van der Waals surface area contributed by atoms with Crippen LogP contribution in [0.5, 0.6) is 0 Å². The first-order valence-corrected chi connectivity index (χ1v) is 9.71. The average Bonchev–Trinajstić information content (AvgIpc) is 3.22. The van der Waals surface area contributed by atoms with Crippen LogP contribution in [0.15, 0.2) is 55.0 Å². The highest BCUT2D eigenvalue weighted by atomic mass is 16.2. The van der Waals surface area contributed by atoms with Gasteiger partial charge in [0.15, 0.2) is 0 Å². The predicted molar refractivity (Wildman–Crippen MR) is 108 cm³/mol. The van der Waals surface area contributed by atoms with Gasteiger partial charge in [0, 0.05) is 43.6 Å². The number of H-pyrrole nitrogens is 1. The zero-order valence-electron chi connectivity index (χ0n) is 15.7. The van der Waals surface area contributed by atoms with Crippen molar-refractivity contribution in [3.05, 3.63) is 66.1 Å². The van der Waals surface area contributed by atoms with E-state index in [0.29, 0.717) is 25.1 Å². The summed E-state index contributed by atoms with van der Waals surface area (Å²) < 4.78 is 0. The van der Waals surface area contributed by atoms with Crippen LogP contribution in [-0.4, -0.2) is 46.3 Å². The van der Waals surface area contributed by atoms with Crippen LogP contribution in [0.4, 0.5) is 0 Å². The van der Waals surface area contributed by atoms with Crippen molar-refractivity contribution in [1.82, 2.24) is 20.2 Å². The van der Waals surface area contributed by atoms with Gasteiger partial charge in [-0.2, -0.15) is 0 Å². The highest BCUT2D eigenvalue weighted by Crippen LogP contribution is 2.22. The summed E-state index contributed by atoms with van der Waals surface area (Å²) in [4.78, 5) is 34.4. The summed E-state index contributed by atoms with van der Waals surface area (Å²) in [6, 6.07) is 11.5. The van der Waals surface area contributed by atoms with Crippen molar-refractivity contribution in [2.45, 2.75) is 19.3 Å². The first-order chi connectivity index (χ1) is 13.7. The van der Waals surface area contributed by atoms with Crippen LogP contribution >= 0.6 is 0 Å². The molecule has 0 aliphatic carbocycles. The molecule has 1 aliphatic rings. The number of amides is 2. The molecule has 28 heavy (non-hydrogen) atoms. The molecule has 4 rings (SSSR count). The smallest absolute Gasteiger partial charge is 0.255 e. The van der Waals surface area contributed by atoms with Crippen molar-refractivity contribution in [3.8, 4) is 0 Å². The van der Waals surface area contributed by atoms with Gasteiger partial charge in [0.25, 0.3) is 5.91 Å². The topological polar surface area (TPSA) is 78.1 Å². The maximum absolute atomic E-state index is 13.0. The van der Waals surface area contributed by atoms with Crippen LogP contribution < -0.4 is 5.32 Å². The summed E-state index contributed by atoms with van der Waals surface area (Å²) in [5.41, 5.74) is 2.50. The maximum atomic E-state index is 13.0. The maximum Gasteiger partial charge on any atom is 0.255 e. The molecule has 2 amide bonds. The van der Waals surface area contributed by atoms with Gasteiger partial charge in [-0.05, 0) is 42.5 Å². The Morgan fingerprint density at radius 2 is 2.14 bits per heavy atom. The molecule has 6 nitrogen and oxygen atoms in total. The molecule has 1 unspecified atom stereocenters. The number of benzene rings is 1. The van der Waals surface area contributed by atoms with E-state index in [0.717, 1.165) is 35.9 Å². The van der Waals surface area contributed by atoms with Crippen molar-refractivity contribution in [2.75, 3.05) is 19.6 Å². The molecule has 1 fully saturated rings. The number of nitrogens with one attached hydrogen (secondary N) is 2.